The van der Waals surface area contributed by atoms with Crippen LogP contribution in [0.3, 0.4) is 0 Å². The standard InChI is InChI=1S/C20H17ClN6O2/c21-13-11-22-20(27-7-1-2-8-27)26-17(13)19(28)23-12-5-6-14-15(10-12)25-18(24-14)16-4-3-9-29-16/h3-6,9-11H,1-2,7-8H2,(H,23,28)(H,24,25). The van der Waals surface area contributed by atoms with Gasteiger partial charge in [-0.3, -0.25) is 4.79 Å². The highest BCUT2D eigenvalue weighted by Crippen LogP contribution is 2.24. The fraction of sp³-hybridized carbons (Fsp3) is 0.200. The van der Waals surface area contributed by atoms with Crippen molar-refractivity contribution in [3.05, 3.63) is 53.5 Å². The summed E-state index contributed by atoms with van der Waals surface area (Å²) in [5.41, 5.74) is 2.31. The lowest BCUT2D eigenvalue weighted by atomic mass is 10.2. The van der Waals surface area contributed by atoms with Crippen molar-refractivity contribution in [2.75, 3.05) is 23.3 Å². The molecule has 0 spiro atoms. The summed E-state index contributed by atoms with van der Waals surface area (Å²) in [7, 11) is 0. The topological polar surface area (TPSA) is 99.9 Å². The van der Waals surface area contributed by atoms with E-state index in [1.54, 1.807) is 18.4 Å². The molecule has 1 saturated heterocycles. The second-order valence-corrected chi connectivity index (χ2v) is 7.22. The van der Waals surface area contributed by atoms with Gasteiger partial charge in [-0.15, -0.1) is 0 Å². The number of hydrogen-bond acceptors (Lipinski definition) is 6. The number of hydrogen-bond donors (Lipinski definition) is 2. The number of fused-ring (bicyclic) bond motifs is 1. The maximum absolute atomic E-state index is 12.8. The van der Waals surface area contributed by atoms with Crippen molar-refractivity contribution in [2.45, 2.75) is 12.8 Å². The quantitative estimate of drug-likeness (QED) is 0.527. The molecule has 0 saturated carbocycles. The number of nitrogens with one attached hydrogen (secondary N) is 2. The zero-order valence-corrected chi connectivity index (χ0v) is 16.1. The summed E-state index contributed by atoms with van der Waals surface area (Å²) in [6.07, 6.45) is 5.26. The van der Waals surface area contributed by atoms with E-state index < -0.39 is 0 Å². The van der Waals surface area contributed by atoms with E-state index in [2.05, 4.69) is 30.2 Å². The molecule has 0 radical (unpaired) electrons. The van der Waals surface area contributed by atoms with Crippen molar-refractivity contribution < 1.29 is 9.21 Å². The molecule has 1 aromatic carbocycles. The Kier molecular flexibility index (Phi) is 4.40. The molecule has 4 heterocycles. The molecule has 0 unspecified atom stereocenters. The number of H-pyrrole nitrogens is 1. The van der Waals surface area contributed by atoms with E-state index in [0.29, 0.717) is 23.2 Å². The predicted molar refractivity (Wildman–Crippen MR) is 110 cm³/mol. The van der Waals surface area contributed by atoms with Crippen molar-refractivity contribution in [3.8, 4) is 11.6 Å². The summed E-state index contributed by atoms with van der Waals surface area (Å²) in [5.74, 6) is 1.42. The van der Waals surface area contributed by atoms with Crippen LogP contribution in [-0.2, 0) is 0 Å². The number of furan rings is 1. The highest BCUT2D eigenvalue weighted by molar-refractivity contribution is 6.34. The number of carbonyl (C=O) groups excluding carboxylic acids is 1. The Bertz CT molecular complexity index is 1180. The minimum Gasteiger partial charge on any atom is -0.461 e. The second kappa shape index (κ2) is 7.21. The van der Waals surface area contributed by atoms with Crippen molar-refractivity contribution in [2.24, 2.45) is 0 Å². The van der Waals surface area contributed by atoms with Crippen LogP contribution in [0, 0.1) is 0 Å². The number of carbonyl (C=O) groups is 1. The first-order chi connectivity index (χ1) is 14.2. The van der Waals surface area contributed by atoms with Gasteiger partial charge >= 0.3 is 0 Å². The number of imidazole rings is 1. The highest BCUT2D eigenvalue weighted by atomic mass is 35.5. The minimum atomic E-state index is -0.386. The summed E-state index contributed by atoms with van der Waals surface area (Å²) in [6.45, 7) is 1.77. The molecule has 146 valence electrons. The van der Waals surface area contributed by atoms with E-state index >= 15 is 0 Å². The average molecular weight is 409 g/mol. The van der Waals surface area contributed by atoms with Gasteiger partial charge in [-0.25, -0.2) is 15.0 Å². The average Bonchev–Trinajstić information content (AvgIpc) is 3.48. The van der Waals surface area contributed by atoms with Gasteiger partial charge in [-0.05, 0) is 43.2 Å². The van der Waals surface area contributed by atoms with Gasteiger partial charge in [0.25, 0.3) is 5.91 Å². The number of benzene rings is 1. The smallest absolute Gasteiger partial charge is 0.276 e. The SMILES string of the molecule is O=C(Nc1ccc2nc(-c3ccco3)[nH]c2c1)c1nc(N2CCCC2)ncc1Cl. The van der Waals surface area contributed by atoms with E-state index in [1.807, 2.05) is 18.2 Å². The summed E-state index contributed by atoms with van der Waals surface area (Å²) < 4.78 is 5.37. The third-order valence-electron chi connectivity index (χ3n) is 4.83. The number of halogens is 1. The van der Waals surface area contributed by atoms with Gasteiger partial charge in [0.1, 0.15) is 0 Å². The first kappa shape index (κ1) is 17.7. The number of amides is 1. The Morgan fingerprint density at radius 2 is 2.07 bits per heavy atom. The summed E-state index contributed by atoms with van der Waals surface area (Å²) in [6, 6.07) is 9.04. The fourth-order valence-corrected chi connectivity index (χ4v) is 3.57. The predicted octanol–water partition coefficient (Wildman–Crippen LogP) is 4.12. The molecule has 2 N–H and O–H groups in total. The molecule has 0 atom stereocenters. The fourth-order valence-electron chi connectivity index (χ4n) is 3.39. The van der Waals surface area contributed by atoms with Gasteiger partial charge in [-0.2, -0.15) is 0 Å². The van der Waals surface area contributed by atoms with Crippen molar-refractivity contribution in [1.82, 2.24) is 19.9 Å². The number of aromatic nitrogens is 4. The third kappa shape index (κ3) is 3.42. The Morgan fingerprint density at radius 1 is 1.21 bits per heavy atom. The van der Waals surface area contributed by atoms with Gasteiger partial charge in [0.05, 0.1) is 28.5 Å². The van der Waals surface area contributed by atoms with Crippen LogP contribution < -0.4 is 10.2 Å². The van der Waals surface area contributed by atoms with Crippen LogP contribution in [0.1, 0.15) is 23.3 Å². The largest absolute Gasteiger partial charge is 0.461 e. The van der Waals surface area contributed by atoms with E-state index in [4.69, 9.17) is 16.0 Å². The van der Waals surface area contributed by atoms with E-state index in [-0.39, 0.29) is 16.6 Å². The van der Waals surface area contributed by atoms with E-state index in [9.17, 15) is 4.79 Å². The summed E-state index contributed by atoms with van der Waals surface area (Å²) in [5, 5.41) is 3.07. The van der Waals surface area contributed by atoms with Gasteiger partial charge in [0, 0.05) is 18.8 Å². The molecule has 1 fully saturated rings. The number of nitrogens with zero attached hydrogens (tertiary/aromatic N) is 4. The van der Waals surface area contributed by atoms with Crippen LogP contribution in [0.5, 0.6) is 0 Å². The second-order valence-electron chi connectivity index (χ2n) is 6.81. The third-order valence-corrected chi connectivity index (χ3v) is 5.11. The maximum Gasteiger partial charge on any atom is 0.276 e. The molecule has 5 rings (SSSR count). The van der Waals surface area contributed by atoms with E-state index in [0.717, 1.165) is 37.0 Å². The first-order valence-electron chi connectivity index (χ1n) is 9.30. The van der Waals surface area contributed by atoms with Crippen molar-refractivity contribution >= 4 is 40.2 Å². The lowest BCUT2D eigenvalue weighted by Crippen LogP contribution is -2.23. The lowest BCUT2D eigenvalue weighted by molar-refractivity contribution is 0.102. The number of aromatic amines is 1. The van der Waals surface area contributed by atoms with Gasteiger partial charge in [-0.1, -0.05) is 11.6 Å². The molecule has 4 aromatic rings. The van der Waals surface area contributed by atoms with Crippen LogP contribution in [0.4, 0.5) is 11.6 Å². The monoisotopic (exact) mass is 408 g/mol. The summed E-state index contributed by atoms with van der Waals surface area (Å²) >= 11 is 6.19. The van der Waals surface area contributed by atoms with Crippen LogP contribution in [-0.4, -0.2) is 38.9 Å². The zero-order valence-electron chi connectivity index (χ0n) is 15.4. The molecular formula is C20H17ClN6O2. The molecule has 3 aromatic heterocycles. The Balaban J connectivity index is 1.40. The zero-order chi connectivity index (χ0) is 19.8. The highest BCUT2D eigenvalue weighted by Gasteiger charge is 2.20. The number of rotatable bonds is 4. The Morgan fingerprint density at radius 3 is 2.86 bits per heavy atom. The minimum absolute atomic E-state index is 0.157. The summed E-state index contributed by atoms with van der Waals surface area (Å²) in [4.78, 5) is 31.2. The molecule has 1 aliphatic heterocycles. The normalized spacial score (nSPS) is 13.9. The molecule has 0 aliphatic carbocycles. The number of anilines is 2. The van der Waals surface area contributed by atoms with Crippen LogP contribution in [0.15, 0.2) is 47.2 Å². The van der Waals surface area contributed by atoms with Crippen LogP contribution in [0.25, 0.3) is 22.6 Å². The molecule has 1 amide bonds. The van der Waals surface area contributed by atoms with Gasteiger partial charge in [0.15, 0.2) is 17.3 Å². The molecule has 8 nitrogen and oxygen atoms in total. The molecule has 1 aliphatic rings. The van der Waals surface area contributed by atoms with Crippen LogP contribution >= 0.6 is 11.6 Å². The van der Waals surface area contributed by atoms with Gasteiger partial charge in [0.2, 0.25) is 5.95 Å². The Labute approximate surface area is 170 Å². The van der Waals surface area contributed by atoms with Crippen molar-refractivity contribution in [3.63, 3.8) is 0 Å². The molecular weight excluding hydrogens is 392 g/mol. The Hall–Kier alpha value is -3.39. The molecule has 0 bridgehead atoms. The van der Waals surface area contributed by atoms with Gasteiger partial charge < -0.3 is 19.6 Å². The lowest BCUT2D eigenvalue weighted by Gasteiger charge is -2.16. The van der Waals surface area contributed by atoms with Crippen molar-refractivity contribution in [1.29, 1.82) is 0 Å². The molecule has 29 heavy (non-hydrogen) atoms. The molecule has 9 heteroatoms. The first-order valence-corrected chi connectivity index (χ1v) is 9.68. The maximum atomic E-state index is 12.8. The van der Waals surface area contributed by atoms with Crippen LogP contribution in [0.2, 0.25) is 5.02 Å². The van der Waals surface area contributed by atoms with E-state index in [1.165, 1.54) is 6.20 Å².